The molecule has 124 valence electrons. The predicted molar refractivity (Wildman–Crippen MR) is 102 cm³/mol. The van der Waals surface area contributed by atoms with Gasteiger partial charge in [-0.2, -0.15) is 0 Å². The first-order valence-electron chi connectivity index (χ1n) is 7.63. The van der Waals surface area contributed by atoms with Crippen molar-refractivity contribution in [3.63, 3.8) is 0 Å². The molecule has 0 fully saturated rings. The maximum absolute atomic E-state index is 6.19. The quantitative estimate of drug-likeness (QED) is 0.692. The maximum Gasteiger partial charge on any atom is 0.157 e. The van der Waals surface area contributed by atoms with Gasteiger partial charge >= 0.3 is 0 Å². The number of thiazole rings is 1. The fourth-order valence-electron chi connectivity index (χ4n) is 2.93. The van der Waals surface area contributed by atoms with E-state index in [1.165, 1.54) is 21.6 Å². The zero-order chi connectivity index (χ0) is 16.7. The Labute approximate surface area is 153 Å². The van der Waals surface area contributed by atoms with E-state index in [0.717, 1.165) is 41.7 Å². The Morgan fingerprint density at radius 2 is 2.21 bits per heavy atom. The van der Waals surface area contributed by atoms with Crippen LogP contribution in [0.4, 0.5) is 11.5 Å². The first-order chi connectivity index (χ1) is 11.7. The van der Waals surface area contributed by atoms with Crippen LogP contribution in [-0.4, -0.2) is 28.5 Å². The van der Waals surface area contributed by atoms with Crippen molar-refractivity contribution in [3.8, 4) is 10.6 Å². The summed E-state index contributed by atoms with van der Waals surface area (Å²) in [7, 11) is 1.84. The van der Waals surface area contributed by atoms with Crippen LogP contribution in [0.15, 0.2) is 17.8 Å². The molecule has 4 rings (SSSR count). The maximum atomic E-state index is 6.19. The van der Waals surface area contributed by atoms with Crippen LogP contribution >= 0.6 is 34.3 Å². The number of nitrogens with zero attached hydrogens (tertiary/aromatic N) is 4. The Kier molecular flexibility index (Phi) is 4.15. The van der Waals surface area contributed by atoms with E-state index in [-0.39, 0.29) is 0 Å². The molecule has 1 aliphatic rings. The molecule has 0 bridgehead atoms. The first kappa shape index (κ1) is 15.8. The van der Waals surface area contributed by atoms with E-state index in [9.17, 15) is 0 Å². The molecule has 5 nitrogen and oxygen atoms in total. The summed E-state index contributed by atoms with van der Waals surface area (Å²) in [5, 5.41) is 6.81. The number of halogens is 1. The van der Waals surface area contributed by atoms with Gasteiger partial charge in [0.25, 0.3) is 0 Å². The van der Waals surface area contributed by atoms with Crippen molar-refractivity contribution in [1.29, 1.82) is 0 Å². The Morgan fingerprint density at radius 1 is 1.33 bits per heavy atom. The van der Waals surface area contributed by atoms with Crippen molar-refractivity contribution in [2.24, 2.45) is 0 Å². The number of aryl methyl sites for hydroxylation is 1. The minimum atomic E-state index is 0.456. The van der Waals surface area contributed by atoms with Crippen molar-refractivity contribution < 1.29 is 0 Å². The van der Waals surface area contributed by atoms with Gasteiger partial charge in [0.05, 0.1) is 15.6 Å². The molecule has 3 aromatic rings. The van der Waals surface area contributed by atoms with E-state index < -0.39 is 0 Å². The van der Waals surface area contributed by atoms with E-state index in [0.29, 0.717) is 5.15 Å². The molecule has 1 N–H and O–H groups in total. The van der Waals surface area contributed by atoms with Crippen LogP contribution in [0.1, 0.15) is 15.4 Å². The molecule has 4 heterocycles. The van der Waals surface area contributed by atoms with Crippen LogP contribution < -0.4 is 10.2 Å². The van der Waals surface area contributed by atoms with Crippen LogP contribution in [0.2, 0.25) is 5.15 Å². The van der Waals surface area contributed by atoms with Crippen molar-refractivity contribution in [2.45, 2.75) is 19.9 Å². The highest BCUT2D eigenvalue weighted by molar-refractivity contribution is 7.16. The number of nitrogens with one attached hydrogen (secondary N) is 1. The average molecular weight is 378 g/mol. The Bertz CT molecular complexity index is 888. The third kappa shape index (κ3) is 2.76. The smallest absolute Gasteiger partial charge is 0.157 e. The standard InChI is InChI=1S/C16H16ClN5S2/c1-9-21-11(7-23-9)13-5-10-6-22(4-3-12(10)24-13)16-14(18-2)15(17)19-8-20-16/h5,7-8,18H,3-4,6H2,1-2H3. The lowest BCUT2D eigenvalue weighted by Gasteiger charge is -2.29. The topological polar surface area (TPSA) is 53.9 Å². The van der Waals surface area contributed by atoms with Gasteiger partial charge < -0.3 is 10.2 Å². The van der Waals surface area contributed by atoms with Crippen LogP contribution in [0.25, 0.3) is 10.6 Å². The molecule has 0 spiro atoms. The van der Waals surface area contributed by atoms with Crippen LogP contribution in [-0.2, 0) is 13.0 Å². The third-order valence-corrected chi connectivity index (χ3v) is 6.39. The first-order valence-corrected chi connectivity index (χ1v) is 9.70. The molecular formula is C16H16ClN5S2. The summed E-state index contributed by atoms with van der Waals surface area (Å²) < 4.78 is 0. The highest BCUT2D eigenvalue weighted by atomic mass is 35.5. The van der Waals surface area contributed by atoms with Gasteiger partial charge in [-0.05, 0) is 25.0 Å². The Balaban J connectivity index is 1.65. The van der Waals surface area contributed by atoms with Crippen molar-refractivity contribution >= 4 is 45.8 Å². The molecule has 3 aromatic heterocycles. The fraction of sp³-hybridized carbons (Fsp3) is 0.312. The minimum absolute atomic E-state index is 0.456. The molecule has 0 amide bonds. The van der Waals surface area contributed by atoms with Gasteiger partial charge in [0.15, 0.2) is 11.0 Å². The number of thiophene rings is 1. The lowest BCUT2D eigenvalue weighted by Crippen LogP contribution is -2.30. The minimum Gasteiger partial charge on any atom is -0.383 e. The van der Waals surface area contributed by atoms with Crippen LogP contribution in [0, 0.1) is 6.92 Å². The zero-order valence-electron chi connectivity index (χ0n) is 13.3. The molecule has 0 unspecified atom stereocenters. The van der Waals surface area contributed by atoms with Gasteiger partial charge in [-0.1, -0.05) is 11.6 Å². The highest BCUT2D eigenvalue weighted by Gasteiger charge is 2.23. The van der Waals surface area contributed by atoms with Crippen LogP contribution in [0.3, 0.4) is 0 Å². The fourth-order valence-corrected chi connectivity index (χ4v) is 4.96. The van der Waals surface area contributed by atoms with E-state index in [1.54, 1.807) is 11.3 Å². The summed E-state index contributed by atoms with van der Waals surface area (Å²) >= 11 is 9.74. The lowest BCUT2D eigenvalue weighted by atomic mass is 10.1. The molecule has 0 aliphatic carbocycles. The average Bonchev–Trinajstić information content (AvgIpc) is 3.19. The molecule has 24 heavy (non-hydrogen) atoms. The van der Waals surface area contributed by atoms with Gasteiger partial charge in [-0.25, -0.2) is 15.0 Å². The lowest BCUT2D eigenvalue weighted by molar-refractivity contribution is 0.731. The summed E-state index contributed by atoms with van der Waals surface area (Å²) in [6.07, 6.45) is 2.53. The third-order valence-electron chi connectivity index (χ3n) is 4.07. The van der Waals surface area contributed by atoms with Crippen molar-refractivity contribution in [3.05, 3.63) is 38.4 Å². The SMILES string of the molecule is CNc1c(Cl)ncnc1N1CCc2sc(-c3csc(C)n3)cc2C1. The molecule has 0 saturated carbocycles. The molecular weight excluding hydrogens is 362 g/mol. The summed E-state index contributed by atoms with van der Waals surface area (Å²) in [5.74, 6) is 0.861. The van der Waals surface area contributed by atoms with E-state index in [4.69, 9.17) is 11.6 Å². The van der Waals surface area contributed by atoms with Gasteiger partial charge in [-0.15, -0.1) is 22.7 Å². The number of fused-ring (bicyclic) bond motifs is 1. The van der Waals surface area contributed by atoms with E-state index >= 15 is 0 Å². The summed E-state index contributed by atoms with van der Waals surface area (Å²) in [5.41, 5.74) is 3.22. The van der Waals surface area contributed by atoms with Crippen molar-refractivity contribution in [2.75, 3.05) is 23.8 Å². The second-order valence-corrected chi connectivity index (χ2v) is 8.15. The molecule has 0 aromatic carbocycles. The van der Waals surface area contributed by atoms with Gasteiger partial charge in [0.2, 0.25) is 0 Å². The zero-order valence-corrected chi connectivity index (χ0v) is 15.7. The second kappa shape index (κ2) is 6.31. The summed E-state index contributed by atoms with van der Waals surface area (Å²) in [6, 6.07) is 2.27. The van der Waals surface area contributed by atoms with Crippen LogP contribution in [0.5, 0.6) is 0 Å². The number of hydrogen-bond acceptors (Lipinski definition) is 7. The predicted octanol–water partition coefficient (Wildman–Crippen LogP) is 4.23. The van der Waals surface area contributed by atoms with Gasteiger partial charge in [0.1, 0.15) is 12.0 Å². The largest absolute Gasteiger partial charge is 0.383 e. The molecule has 0 radical (unpaired) electrons. The molecule has 1 aliphatic heterocycles. The number of aromatic nitrogens is 3. The molecule has 8 heteroatoms. The number of rotatable bonds is 3. The molecule has 0 saturated heterocycles. The van der Waals surface area contributed by atoms with E-state index in [2.05, 4.69) is 36.6 Å². The summed E-state index contributed by atoms with van der Waals surface area (Å²) in [4.78, 5) is 18.0. The van der Waals surface area contributed by atoms with Gasteiger partial charge in [-0.3, -0.25) is 0 Å². The Morgan fingerprint density at radius 3 is 2.96 bits per heavy atom. The number of hydrogen-bond donors (Lipinski definition) is 1. The van der Waals surface area contributed by atoms with E-state index in [1.807, 2.05) is 25.3 Å². The van der Waals surface area contributed by atoms with Crippen molar-refractivity contribution in [1.82, 2.24) is 15.0 Å². The number of anilines is 2. The molecule has 0 atom stereocenters. The second-order valence-electron chi connectivity index (χ2n) is 5.60. The Hall–Kier alpha value is -1.70. The van der Waals surface area contributed by atoms with Gasteiger partial charge in [0, 0.05) is 30.4 Å². The monoisotopic (exact) mass is 377 g/mol. The highest BCUT2D eigenvalue weighted by Crippen LogP contribution is 2.38. The normalized spacial score (nSPS) is 13.9. The summed E-state index contributed by atoms with van der Waals surface area (Å²) in [6.45, 7) is 3.80.